The zero-order chi connectivity index (χ0) is 10.6. The third kappa shape index (κ3) is 2.92. The summed E-state index contributed by atoms with van der Waals surface area (Å²) in [4.78, 5) is 0. The number of hydrogen-bond donors (Lipinski definition) is 2. The van der Waals surface area contributed by atoms with Gasteiger partial charge >= 0.3 is 0 Å². The molecule has 0 aromatic carbocycles. The van der Waals surface area contributed by atoms with Crippen LogP contribution in [0.1, 0.15) is 19.8 Å². The Bertz CT molecular complexity index is 161. The zero-order valence-corrected chi connectivity index (χ0v) is 9.19. The van der Waals surface area contributed by atoms with Crippen LogP contribution >= 0.6 is 0 Å². The Morgan fingerprint density at radius 3 is 2.50 bits per heavy atom. The first-order chi connectivity index (χ1) is 6.69. The molecular formula is C10H21NO3. The van der Waals surface area contributed by atoms with Gasteiger partial charge in [0.1, 0.15) is 6.10 Å². The van der Waals surface area contributed by atoms with Gasteiger partial charge in [-0.25, -0.2) is 0 Å². The number of aliphatic hydroxyl groups excluding tert-OH is 1. The molecule has 84 valence electrons. The summed E-state index contributed by atoms with van der Waals surface area (Å²) in [6.07, 6.45) is 1.03. The van der Waals surface area contributed by atoms with Crippen LogP contribution < -0.4 is 5.32 Å². The van der Waals surface area contributed by atoms with Crippen LogP contribution in [0.3, 0.4) is 0 Å². The molecule has 0 aromatic rings. The number of rotatable bonds is 4. The number of piperidine rings is 1. The summed E-state index contributed by atoms with van der Waals surface area (Å²) in [6.45, 7) is 3.16. The van der Waals surface area contributed by atoms with E-state index in [1.165, 1.54) is 6.42 Å². The van der Waals surface area contributed by atoms with Gasteiger partial charge in [-0.2, -0.15) is 0 Å². The highest BCUT2D eigenvalue weighted by Gasteiger charge is 2.30. The average molecular weight is 203 g/mol. The molecule has 1 aliphatic heterocycles. The lowest BCUT2D eigenvalue weighted by Crippen LogP contribution is -2.51. The van der Waals surface area contributed by atoms with Crippen molar-refractivity contribution in [2.45, 2.75) is 38.2 Å². The SMILES string of the molecule is COC(OC)C(O)C1CC(C)CCN1. The van der Waals surface area contributed by atoms with Crippen molar-refractivity contribution in [1.29, 1.82) is 0 Å². The fourth-order valence-corrected chi connectivity index (χ4v) is 1.97. The molecule has 0 saturated carbocycles. The molecule has 1 aliphatic rings. The first-order valence-electron chi connectivity index (χ1n) is 5.16. The molecule has 4 nitrogen and oxygen atoms in total. The Kier molecular flexibility index (Phi) is 4.81. The molecule has 0 aromatic heterocycles. The van der Waals surface area contributed by atoms with Crippen LogP contribution in [0.15, 0.2) is 0 Å². The quantitative estimate of drug-likeness (QED) is 0.648. The van der Waals surface area contributed by atoms with Crippen molar-refractivity contribution in [3.05, 3.63) is 0 Å². The maximum absolute atomic E-state index is 9.94. The molecule has 1 rings (SSSR count). The van der Waals surface area contributed by atoms with E-state index < -0.39 is 12.4 Å². The van der Waals surface area contributed by atoms with Crippen LogP contribution in [0, 0.1) is 5.92 Å². The lowest BCUT2D eigenvalue weighted by Gasteiger charge is -2.34. The minimum absolute atomic E-state index is 0.0867. The van der Waals surface area contributed by atoms with Gasteiger partial charge in [0.25, 0.3) is 0 Å². The van der Waals surface area contributed by atoms with Crippen LogP contribution in [0.25, 0.3) is 0 Å². The van der Waals surface area contributed by atoms with Gasteiger partial charge < -0.3 is 19.9 Å². The zero-order valence-electron chi connectivity index (χ0n) is 9.19. The highest BCUT2D eigenvalue weighted by Crippen LogP contribution is 2.19. The highest BCUT2D eigenvalue weighted by molar-refractivity contribution is 4.83. The van der Waals surface area contributed by atoms with Crippen LogP contribution in [-0.4, -0.2) is 44.3 Å². The molecule has 1 fully saturated rings. The van der Waals surface area contributed by atoms with Crippen molar-refractivity contribution in [2.24, 2.45) is 5.92 Å². The van der Waals surface area contributed by atoms with E-state index in [4.69, 9.17) is 9.47 Å². The van der Waals surface area contributed by atoms with Gasteiger partial charge in [-0.3, -0.25) is 0 Å². The monoisotopic (exact) mass is 203 g/mol. The molecule has 1 saturated heterocycles. The van der Waals surface area contributed by atoms with Gasteiger partial charge in [0.2, 0.25) is 0 Å². The number of hydrogen-bond acceptors (Lipinski definition) is 4. The van der Waals surface area contributed by atoms with Crippen LogP contribution in [0.2, 0.25) is 0 Å². The van der Waals surface area contributed by atoms with Crippen molar-refractivity contribution in [3.8, 4) is 0 Å². The van der Waals surface area contributed by atoms with E-state index in [0.717, 1.165) is 13.0 Å². The summed E-state index contributed by atoms with van der Waals surface area (Å²) < 4.78 is 10.1. The van der Waals surface area contributed by atoms with E-state index >= 15 is 0 Å². The summed E-state index contributed by atoms with van der Waals surface area (Å²) >= 11 is 0. The fraction of sp³-hybridized carbons (Fsp3) is 1.00. The van der Waals surface area contributed by atoms with Crippen LogP contribution in [-0.2, 0) is 9.47 Å². The lowest BCUT2D eigenvalue weighted by molar-refractivity contribution is -0.174. The summed E-state index contributed by atoms with van der Waals surface area (Å²) in [5.74, 6) is 0.658. The maximum atomic E-state index is 9.94. The Balaban J connectivity index is 2.45. The summed E-state index contributed by atoms with van der Waals surface area (Å²) in [6, 6.07) is 0.0867. The molecule has 4 heteroatoms. The smallest absolute Gasteiger partial charge is 0.184 e. The Hall–Kier alpha value is -0.160. The van der Waals surface area contributed by atoms with Gasteiger partial charge in [-0.1, -0.05) is 6.92 Å². The molecule has 14 heavy (non-hydrogen) atoms. The summed E-state index contributed by atoms with van der Waals surface area (Å²) in [5, 5.41) is 13.2. The van der Waals surface area contributed by atoms with Crippen molar-refractivity contribution in [3.63, 3.8) is 0 Å². The molecule has 0 spiro atoms. The van der Waals surface area contributed by atoms with Gasteiger partial charge in [0.05, 0.1) is 0 Å². The van der Waals surface area contributed by atoms with Crippen molar-refractivity contribution >= 4 is 0 Å². The van der Waals surface area contributed by atoms with Gasteiger partial charge in [0.15, 0.2) is 6.29 Å². The molecule has 0 aliphatic carbocycles. The van der Waals surface area contributed by atoms with Crippen LogP contribution in [0.5, 0.6) is 0 Å². The molecule has 0 amide bonds. The molecule has 3 unspecified atom stereocenters. The number of nitrogens with one attached hydrogen (secondary N) is 1. The van der Waals surface area contributed by atoms with Gasteiger partial charge in [0, 0.05) is 20.3 Å². The maximum Gasteiger partial charge on any atom is 0.184 e. The number of methoxy groups -OCH3 is 2. The first kappa shape index (κ1) is 11.9. The first-order valence-corrected chi connectivity index (χ1v) is 5.16. The van der Waals surface area contributed by atoms with E-state index in [1.54, 1.807) is 14.2 Å². The molecule has 0 bridgehead atoms. The van der Waals surface area contributed by atoms with Gasteiger partial charge in [-0.05, 0) is 25.3 Å². The predicted octanol–water partition coefficient (Wildman–Crippen LogP) is 0.354. The Labute approximate surface area is 85.6 Å². The molecule has 1 heterocycles. The second kappa shape index (κ2) is 5.66. The minimum atomic E-state index is -0.590. The second-order valence-corrected chi connectivity index (χ2v) is 4.02. The molecule has 2 N–H and O–H groups in total. The fourth-order valence-electron chi connectivity index (χ4n) is 1.97. The molecular weight excluding hydrogens is 182 g/mol. The van der Waals surface area contributed by atoms with E-state index in [1.807, 2.05) is 0 Å². The largest absolute Gasteiger partial charge is 0.386 e. The predicted molar refractivity (Wildman–Crippen MR) is 54.0 cm³/mol. The van der Waals surface area contributed by atoms with E-state index in [2.05, 4.69) is 12.2 Å². The number of aliphatic hydroxyl groups is 1. The highest BCUT2D eigenvalue weighted by atomic mass is 16.7. The molecule has 0 radical (unpaired) electrons. The molecule has 3 atom stereocenters. The lowest BCUT2D eigenvalue weighted by atomic mass is 9.91. The van der Waals surface area contributed by atoms with E-state index in [-0.39, 0.29) is 6.04 Å². The third-order valence-corrected chi connectivity index (χ3v) is 2.86. The Morgan fingerprint density at radius 1 is 1.36 bits per heavy atom. The topological polar surface area (TPSA) is 50.7 Å². The van der Waals surface area contributed by atoms with Crippen molar-refractivity contribution < 1.29 is 14.6 Å². The van der Waals surface area contributed by atoms with Crippen LogP contribution in [0.4, 0.5) is 0 Å². The van der Waals surface area contributed by atoms with E-state index in [9.17, 15) is 5.11 Å². The van der Waals surface area contributed by atoms with E-state index in [0.29, 0.717) is 5.92 Å². The summed E-state index contributed by atoms with van der Waals surface area (Å²) in [7, 11) is 3.09. The average Bonchev–Trinajstić information content (AvgIpc) is 2.19. The van der Waals surface area contributed by atoms with Gasteiger partial charge in [-0.15, -0.1) is 0 Å². The minimum Gasteiger partial charge on any atom is -0.386 e. The second-order valence-electron chi connectivity index (χ2n) is 4.02. The van der Waals surface area contributed by atoms with Crippen molar-refractivity contribution in [2.75, 3.05) is 20.8 Å². The summed E-state index contributed by atoms with van der Waals surface area (Å²) in [5.41, 5.74) is 0. The van der Waals surface area contributed by atoms with Crippen molar-refractivity contribution in [1.82, 2.24) is 5.32 Å². The Morgan fingerprint density at radius 2 is 2.00 bits per heavy atom. The third-order valence-electron chi connectivity index (χ3n) is 2.86. The standard InChI is InChI=1S/C10H21NO3/c1-7-4-5-11-8(6-7)9(12)10(13-2)14-3/h7-12H,4-6H2,1-3H3. The normalized spacial score (nSPS) is 30.6. The number of ether oxygens (including phenoxy) is 2.